The molecule has 0 saturated carbocycles. The fraction of sp³-hybridized carbons (Fsp3) is 0.381. The van der Waals surface area contributed by atoms with E-state index in [2.05, 4.69) is 5.10 Å². The molecular weight excluding hydrogens is 412 g/mol. The average Bonchev–Trinajstić information content (AvgIpc) is 2.66. The van der Waals surface area contributed by atoms with Crippen LogP contribution < -0.4 is 4.74 Å². The van der Waals surface area contributed by atoms with Crippen LogP contribution in [0.15, 0.2) is 46.4 Å². The van der Waals surface area contributed by atoms with Crippen molar-refractivity contribution in [2.24, 2.45) is 11.0 Å². The highest BCUT2D eigenvalue weighted by molar-refractivity contribution is 7.86. The Labute approximate surface area is 176 Å². The van der Waals surface area contributed by atoms with E-state index < -0.39 is 10.1 Å². The van der Waals surface area contributed by atoms with Crippen molar-refractivity contribution in [3.05, 3.63) is 47.0 Å². The molecule has 0 radical (unpaired) electrons. The number of hydrazone groups is 1. The number of hydrogen-bond donors (Lipinski definition) is 1. The van der Waals surface area contributed by atoms with Crippen LogP contribution in [-0.4, -0.2) is 43.9 Å². The van der Waals surface area contributed by atoms with Crippen LogP contribution >= 0.6 is 11.6 Å². The molecule has 0 atom stereocenters. The lowest BCUT2D eigenvalue weighted by Crippen LogP contribution is -2.32. The Kier molecular flexibility index (Phi) is 6.82. The molecule has 0 bridgehead atoms. The second kappa shape index (κ2) is 9.15. The summed E-state index contributed by atoms with van der Waals surface area (Å²) in [5.74, 6) is 0.772. The average molecular weight is 437 g/mol. The lowest BCUT2D eigenvalue weighted by atomic mass is 9.98. The Morgan fingerprint density at radius 2 is 2.00 bits per heavy atom. The van der Waals surface area contributed by atoms with Gasteiger partial charge in [0.05, 0.1) is 6.61 Å². The molecular formula is C21H25ClN2O4S. The minimum atomic E-state index is -4.44. The largest absolute Gasteiger partial charge is 0.493 e. The maximum atomic E-state index is 12.1. The summed E-state index contributed by atoms with van der Waals surface area (Å²) in [5.41, 5.74) is 1.59. The van der Waals surface area contributed by atoms with Crippen molar-refractivity contribution >= 4 is 27.9 Å². The zero-order valence-corrected chi connectivity index (χ0v) is 18.1. The van der Waals surface area contributed by atoms with Crippen molar-refractivity contribution < 1.29 is 17.7 Å². The highest BCUT2D eigenvalue weighted by Gasteiger charge is 2.24. The van der Waals surface area contributed by atoms with E-state index in [1.54, 1.807) is 43.5 Å². The number of nitrogens with zero attached hydrogens (tertiary/aromatic N) is 2. The smallest absolute Gasteiger partial charge is 0.295 e. The third kappa shape index (κ3) is 5.50. The second-order valence-electron chi connectivity index (χ2n) is 7.20. The monoisotopic (exact) mass is 436 g/mol. The molecule has 0 aromatic heterocycles. The first-order valence-corrected chi connectivity index (χ1v) is 11.3. The molecule has 0 spiro atoms. The minimum Gasteiger partial charge on any atom is -0.493 e. The SMILES string of the molecule is C/C=N/N1CCC(COc2cc(C)cc(S(=O)(=O)O)c2-c2cccc(Cl)c2)CC1. The summed E-state index contributed by atoms with van der Waals surface area (Å²) in [4.78, 5) is -0.179. The van der Waals surface area contributed by atoms with Crippen LogP contribution in [0.25, 0.3) is 11.1 Å². The van der Waals surface area contributed by atoms with Gasteiger partial charge >= 0.3 is 0 Å². The molecule has 2 aromatic carbocycles. The van der Waals surface area contributed by atoms with E-state index in [9.17, 15) is 13.0 Å². The number of halogens is 1. The fourth-order valence-electron chi connectivity index (χ4n) is 3.54. The lowest BCUT2D eigenvalue weighted by molar-refractivity contribution is 0.145. The topological polar surface area (TPSA) is 79.2 Å². The van der Waals surface area contributed by atoms with Crippen molar-refractivity contribution in [2.75, 3.05) is 19.7 Å². The molecule has 0 unspecified atom stereocenters. The van der Waals surface area contributed by atoms with Gasteiger partial charge in [-0.25, -0.2) is 0 Å². The van der Waals surface area contributed by atoms with E-state index in [-0.39, 0.29) is 4.90 Å². The van der Waals surface area contributed by atoms with Gasteiger partial charge in [-0.05, 0) is 68.0 Å². The maximum Gasteiger partial charge on any atom is 0.295 e. The standard InChI is InChI=1S/C21H25ClN2O4S/c1-3-23-24-9-7-16(8-10-24)14-28-19-11-15(2)12-20(29(25,26)27)21(19)17-5-4-6-18(22)13-17/h3-6,11-13,16H,7-10,14H2,1-2H3,(H,25,26,27)/b23-3+. The van der Waals surface area contributed by atoms with Crippen molar-refractivity contribution in [3.63, 3.8) is 0 Å². The molecule has 29 heavy (non-hydrogen) atoms. The van der Waals surface area contributed by atoms with Gasteiger partial charge in [0.2, 0.25) is 0 Å². The first-order chi connectivity index (χ1) is 13.8. The van der Waals surface area contributed by atoms with Gasteiger partial charge in [0.15, 0.2) is 0 Å². The summed E-state index contributed by atoms with van der Waals surface area (Å²) in [5, 5.41) is 6.82. The molecule has 1 N–H and O–H groups in total. The van der Waals surface area contributed by atoms with Crippen LogP contribution in [0.1, 0.15) is 25.3 Å². The van der Waals surface area contributed by atoms with Gasteiger partial charge in [0, 0.05) is 29.9 Å². The highest BCUT2D eigenvalue weighted by atomic mass is 35.5. The quantitative estimate of drug-likeness (QED) is 0.526. The van der Waals surface area contributed by atoms with Gasteiger partial charge in [0.25, 0.3) is 10.1 Å². The van der Waals surface area contributed by atoms with Gasteiger partial charge in [-0.1, -0.05) is 23.7 Å². The number of aryl methyl sites for hydroxylation is 1. The normalized spacial score (nSPS) is 15.8. The number of benzene rings is 2. The summed E-state index contributed by atoms with van der Waals surface area (Å²) in [6.07, 6.45) is 3.68. The van der Waals surface area contributed by atoms with Crippen molar-refractivity contribution in [1.29, 1.82) is 0 Å². The predicted octanol–water partition coefficient (Wildman–Crippen LogP) is 4.66. The zero-order chi connectivity index (χ0) is 21.0. The van der Waals surface area contributed by atoms with Gasteiger partial charge in [0.1, 0.15) is 10.6 Å². The Bertz CT molecular complexity index is 1000. The van der Waals surface area contributed by atoms with E-state index in [4.69, 9.17) is 16.3 Å². The molecule has 156 valence electrons. The molecule has 0 amide bonds. The molecule has 2 aromatic rings. The predicted molar refractivity (Wildman–Crippen MR) is 115 cm³/mol. The molecule has 8 heteroatoms. The Balaban J connectivity index is 1.91. The number of rotatable bonds is 6. The Morgan fingerprint density at radius 1 is 1.28 bits per heavy atom. The van der Waals surface area contributed by atoms with Crippen LogP contribution in [0.5, 0.6) is 5.75 Å². The summed E-state index contributed by atoms with van der Waals surface area (Å²) in [6.45, 7) is 5.86. The van der Waals surface area contributed by atoms with Crippen LogP contribution in [0.2, 0.25) is 5.02 Å². The first-order valence-electron chi connectivity index (χ1n) is 9.52. The van der Waals surface area contributed by atoms with Crippen molar-refractivity contribution in [1.82, 2.24) is 5.01 Å². The van der Waals surface area contributed by atoms with Crippen molar-refractivity contribution in [2.45, 2.75) is 31.6 Å². The fourth-order valence-corrected chi connectivity index (χ4v) is 4.54. The minimum absolute atomic E-state index is 0.179. The number of ether oxygens (including phenoxy) is 1. The lowest BCUT2D eigenvalue weighted by Gasteiger charge is -2.30. The van der Waals surface area contributed by atoms with E-state index in [0.29, 0.717) is 40.0 Å². The highest BCUT2D eigenvalue weighted by Crippen LogP contribution is 2.38. The number of hydrogen-bond acceptors (Lipinski definition) is 5. The summed E-state index contributed by atoms with van der Waals surface area (Å²) >= 11 is 6.11. The molecule has 0 aliphatic carbocycles. The van der Waals surface area contributed by atoms with Crippen LogP contribution in [0.3, 0.4) is 0 Å². The molecule has 1 aliphatic heterocycles. The van der Waals surface area contributed by atoms with Gasteiger partial charge in [-0.2, -0.15) is 13.5 Å². The van der Waals surface area contributed by atoms with Gasteiger partial charge in [-0.15, -0.1) is 0 Å². The number of piperidine rings is 1. The van der Waals surface area contributed by atoms with Crippen LogP contribution in [0.4, 0.5) is 0 Å². The molecule has 1 fully saturated rings. The van der Waals surface area contributed by atoms with E-state index in [1.807, 2.05) is 11.9 Å². The second-order valence-corrected chi connectivity index (χ2v) is 9.03. The molecule has 1 aliphatic rings. The Morgan fingerprint density at radius 3 is 2.62 bits per heavy atom. The maximum absolute atomic E-state index is 12.1. The van der Waals surface area contributed by atoms with Gasteiger partial charge in [-0.3, -0.25) is 9.56 Å². The van der Waals surface area contributed by atoms with E-state index in [0.717, 1.165) is 25.9 Å². The van der Waals surface area contributed by atoms with E-state index in [1.165, 1.54) is 6.07 Å². The zero-order valence-electron chi connectivity index (χ0n) is 16.5. The van der Waals surface area contributed by atoms with Crippen LogP contribution in [-0.2, 0) is 10.1 Å². The molecule has 1 heterocycles. The third-order valence-corrected chi connectivity index (χ3v) is 6.06. The van der Waals surface area contributed by atoms with Crippen molar-refractivity contribution in [3.8, 4) is 16.9 Å². The summed E-state index contributed by atoms with van der Waals surface area (Å²) in [7, 11) is -4.44. The molecule has 1 saturated heterocycles. The molecule has 6 nitrogen and oxygen atoms in total. The molecule has 3 rings (SSSR count). The van der Waals surface area contributed by atoms with Crippen LogP contribution in [0, 0.1) is 12.8 Å². The summed E-state index contributed by atoms with van der Waals surface area (Å²) < 4.78 is 40.1. The Hall–Kier alpha value is -2.09. The van der Waals surface area contributed by atoms with E-state index >= 15 is 0 Å². The van der Waals surface area contributed by atoms with Gasteiger partial charge < -0.3 is 4.74 Å². The summed E-state index contributed by atoms with van der Waals surface area (Å²) in [6, 6.07) is 10.1. The third-order valence-electron chi connectivity index (χ3n) is 4.95. The first kappa shape index (κ1) is 21.6.